The zero-order valence-electron chi connectivity index (χ0n) is 21.3. The highest BCUT2D eigenvalue weighted by atomic mass is 15.1. The third-order valence-corrected chi connectivity index (χ3v) is 7.85. The maximum Gasteiger partial charge on any atom is 0.0942 e. The quantitative estimate of drug-likeness (QED) is 0.241. The fraction of sp³-hybridized carbons (Fsp3) is 0. The summed E-state index contributed by atoms with van der Waals surface area (Å²) in [7, 11) is 0. The lowest BCUT2D eigenvalue weighted by Crippen LogP contribution is -2.10. The second-order valence-corrected chi connectivity index (χ2v) is 10.0. The summed E-state index contributed by atoms with van der Waals surface area (Å²) in [4.78, 5) is 7.05. The summed E-state index contributed by atoms with van der Waals surface area (Å²) >= 11 is 0. The molecule has 0 spiro atoms. The van der Waals surface area contributed by atoms with Crippen LogP contribution in [0, 0.1) is 0 Å². The molecule has 1 aliphatic rings. The van der Waals surface area contributed by atoms with Gasteiger partial charge in [0.2, 0.25) is 0 Å². The summed E-state index contributed by atoms with van der Waals surface area (Å²) in [5.41, 5.74) is 12.0. The van der Waals surface area contributed by atoms with E-state index in [1.54, 1.807) is 0 Å². The van der Waals surface area contributed by atoms with Crippen molar-refractivity contribution in [3.05, 3.63) is 146 Å². The maximum atomic E-state index is 4.75. The fourth-order valence-electron chi connectivity index (χ4n) is 6.12. The number of nitrogens with zero attached hydrogens (tertiary/aromatic N) is 2. The van der Waals surface area contributed by atoms with Crippen LogP contribution in [0.4, 0.5) is 17.1 Å². The molecule has 0 saturated heterocycles. The highest BCUT2D eigenvalue weighted by Crippen LogP contribution is 2.49. The molecule has 0 bridgehead atoms. The number of hydrogen-bond acceptors (Lipinski definition) is 2. The summed E-state index contributed by atoms with van der Waals surface area (Å²) in [6, 6.07) is 49.9. The molecule has 8 rings (SSSR count). The number of para-hydroxylation sites is 2. The second-order valence-electron chi connectivity index (χ2n) is 10.0. The lowest BCUT2D eigenvalue weighted by atomic mass is 9.94. The van der Waals surface area contributed by atoms with Gasteiger partial charge in [0.1, 0.15) is 0 Å². The average Bonchev–Trinajstić information content (AvgIpc) is 3.34. The lowest BCUT2D eigenvalue weighted by Gasteiger charge is -2.26. The third kappa shape index (κ3) is 3.39. The van der Waals surface area contributed by atoms with Crippen LogP contribution >= 0.6 is 0 Å². The Hall–Kier alpha value is -5.21. The monoisotopic (exact) mass is 496 g/mol. The van der Waals surface area contributed by atoms with Crippen molar-refractivity contribution >= 4 is 38.7 Å². The molecule has 182 valence electrons. The van der Waals surface area contributed by atoms with Gasteiger partial charge < -0.3 is 4.90 Å². The molecule has 0 amide bonds. The molecule has 1 aliphatic carbocycles. The van der Waals surface area contributed by atoms with E-state index >= 15 is 0 Å². The number of pyridine rings is 1. The van der Waals surface area contributed by atoms with E-state index in [2.05, 4.69) is 138 Å². The van der Waals surface area contributed by atoms with Crippen molar-refractivity contribution < 1.29 is 0 Å². The van der Waals surface area contributed by atoms with Crippen molar-refractivity contribution in [3.63, 3.8) is 0 Å². The predicted molar refractivity (Wildman–Crippen MR) is 164 cm³/mol. The van der Waals surface area contributed by atoms with Gasteiger partial charge in [-0.05, 0) is 80.6 Å². The number of fused-ring (bicyclic) bond motifs is 4. The standard InChI is InChI=1S/C37H24N2/c1-2-11-27(12-3-1)39(35-17-6-9-26-10-8-24-38-37(26)35)28-20-18-25(19-21-28)29-22-23-34-31-14-5-4-13-30(31)33-16-7-15-32(29)36(33)34/h1-24H. The van der Waals surface area contributed by atoms with Crippen LogP contribution in [0.2, 0.25) is 0 Å². The molecule has 0 unspecified atom stereocenters. The number of benzene rings is 6. The van der Waals surface area contributed by atoms with Crippen molar-refractivity contribution in [3.8, 4) is 33.4 Å². The van der Waals surface area contributed by atoms with Crippen molar-refractivity contribution in [2.45, 2.75) is 0 Å². The van der Waals surface area contributed by atoms with Gasteiger partial charge in [0.05, 0.1) is 11.2 Å². The Balaban J connectivity index is 1.27. The summed E-state index contributed by atoms with van der Waals surface area (Å²) in [6.45, 7) is 0. The normalized spacial score (nSPS) is 11.6. The molecule has 1 heterocycles. The van der Waals surface area contributed by atoms with E-state index in [1.165, 1.54) is 44.2 Å². The van der Waals surface area contributed by atoms with Crippen molar-refractivity contribution in [1.82, 2.24) is 4.98 Å². The zero-order valence-corrected chi connectivity index (χ0v) is 21.3. The Morgan fingerprint density at radius 3 is 1.90 bits per heavy atom. The van der Waals surface area contributed by atoms with Gasteiger partial charge in [-0.1, -0.05) is 103 Å². The minimum Gasteiger partial charge on any atom is -0.308 e. The van der Waals surface area contributed by atoms with Crippen molar-refractivity contribution in [1.29, 1.82) is 0 Å². The Morgan fingerprint density at radius 1 is 0.436 bits per heavy atom. The molecule has 0 radical (unpaired) electrons. The van der Waals surface area contributed by atoms with Gasteiger partial charge in [-0.3, -0.25) is 4.98 Å². The highest BCUT2D eigenvalue weighted by Gasteiger charge is 2.22. The van der Waals surface area contributed by atoms with Crippen LogP contribution in [0.3, 0.4) is 0 Å². The first-order valence-electron chi connectivity index (χ1n) is 13.3. The third-order valence-electron chi connectivity index (χ3n) is 7.85. The molecular weight excluding hydrogens is 472 g/mol. The van der Waals surface area contributed by atoms with Crippen LogP contribution in [-0.2, 0) is 0 Å². The van der Waals surface area contributed by atoms with E-state index in [0.717, 1.165) is 28.0 Å². The molecule has 6 aromatic carbocycles. The molecule has 7 aromatic rings. The highest BCUT2D eigenvalue weighted by molar-refractivity contribution is 6.18. The van der Waals surface area contributed by atoms with Gasteiger partial charge in [0.15, 0.2) is 0 Å². The molecule has 0 aliphatic heterocycles. The van der Waals surface area contributed by atoms with E-state index in [0.29, 0.717) is 0 Å². The van der Waals surface area contributed by atoms with Gasteiger partial charge in [0.25, 0.3) is 0 Å². The van der Waals surface area contributed by atoms with Gasteiger partial charge in [-0.2, -0.15) is 0 Å². The Labute approximate surface area is 227 Å². The van der Waals surface area contributed by atoms with Crippen LogP contribution in [0.25, 0.3) is 55.1 Å². The molecular formula is C37H24N2. The first kappa shape index (κ1) is 21.8. The molecule has 0 atom stereocenters. The number of anilines is 3. The van der Waals surface area contributed by atoms with E-state index in [4.69, 9.17) is 4.98 Å². The molecule has 0 fully saturated rings. The second kappa shape index (κ2) is 8.68. The average molecular weight is 497 g/mol. The fourth-order valence-corrected chi connectivity index (χ4v) is 6.12. The van der Waals surface area contributed by atoms with Gasteiger partial charge in [-0.25, -0.2) is 0 Å². The number of hydrogen-bond donors (Lipinski definition) is 0. The topological polar surface area (TPSA) is 16.1 Å². The van der Waals surface area contributed by atoms with Crippen molar-refractivity contribution in [2.24, 2.45) is 0 Å². The maximum absolute atomic E-state index is 4.75. The summed E-state index contributed by atoms with van der Waals surface area (Å²) in [6.07, 6.45) is 1.87. The molecule has 2 nitrogen and oxygen atoms in total. The Kier molecular flexibility index (Phi) is 4.86. The van der Waals surface area contributed by atoms with Crippen LogP contribution in [0.15, 0.2) is 146 Å². The first-order chi connectivity index (χ1) is 19.4. The molecule has 2 heteroatoms. The summed E-state index contributed by atoms with van der Waals surface area (Å²) < 4.78 is 0. The molecule has 0 saturated carbocycles. The van der Waals surface area contributed by atoms with Gasteiger partial charge >= 0.3 is 0 Å². The van der Waals surface area contributed by atoms with E-state index in [9.17, 15) is 0 Å². The molecule has 1 aromatic heterocycles. The van der Waals surface area contributed by atoms with Crippen LogP contribution in [0.5, 0.6) is 0 Å². The lowest BCUT2D eigenvalue weighted by molar-refractivity contribution is 1.28. The van der Waals surface area contributed by atoms with E-state index in [-0.39, 0.29) is 0 Å². The molecule has 39 heavy (non-hydrogen) atoms. The van der Waals surface area contributed by atoms with E-state index < -0.39 is 0 Å². The largest absolute Gasteiger partial charge is 0.308 e. The summed E-state index contributed by atoms with van der Waals surface area (Å²) in [5, 5.41) is 3.78. The van der Waals surface area contributed by atoms with Crippen LogP contribution in [0.1, 0.15) is 0 Å². The Morgan fingerprint density at radius 2 is 1.08 bits per heavy atom. The Bertz CT molecular complexity index is 1970. The van der Waals surface area contributed by atoms with Gasteiger partial charge in [-0.15, -0.1) is 0 Å². The predicted octanol–water partition coefficient (Wildman–Crippen LogP) is 10.2. The van der Waals surface area contributed by atoms with Crippen LogP contribution < -0.4 is 4.90 Å². The minimum absolute atomic E-state index is 0.986. The smallest absolute Gasteiger partial charge is 0.0942 e. The number of aromatic nitrogens is 1. The van der Waals surface area contributed by atoms with Gasteiger partial charge in [0, 0.05) is 23.0 Å². The molecule has 0 N–H and O–H groups in total. The summed E-state index contributed by atoms with van der Waals surface area (Å²) in [5.74, 6) is 0. The number of rotatable bonds is 4. The van der Waals surface area contributed by atoms with E-state index in [1.807, 2.05) is 12.3 Å². The van der Waals surface area contributed by atoms with Crippen LogP contribution in [-0.4, -0.2) is 4.98 Å². The first-order valence-corrected chi connectivity index (χ1v) is 13.3. The van der Waals surface area contributed by atoms with Crippen molar-refractivity contribution in [2.75, 3.05) is 4.90 Å². The minimum atomic E-state index is 0.986. The SMILES string of the molecule is c1ccc(N(c2ccc(-c3ccc4c5c(cccc35)-c3ccccc3-4)cc2)c2cccc3cccnc23)cc1. The zero-order chi connectivity index (χ0) is 25.8.